The quantitative estimate of drug-likeness (QED) is 0.874. The minimum Gasteiger partial charge on any atom is -0.478 e. The molecule has 1 amide bonds. The van der Waals surface area contributed by atoms with Crippen LogP contribution in [0.5, 0.6) is 5.75 Å². The maximum absolute atomic E-state index is 12.8. The molecule has 7 heteroatoms. The van der Waals surface area contributed by atoms with Gasteiger partial charge in [-0.3, -0.25) is 9.10 Å². The van der Waals surface area contributed by atoms with Gasteiger partial charge < -0.3 is 10.1 Å². The largest absolute Gasteiger partial charge is 0.478 e. The fourth-order valence-corrected chi connectivity index (χ4v) is 4.05. The molecule has 6 nitrogen and oxygen atoms in total. The van der Waals surface area contributed by atoms with E-state index in [0.29, 0.717) is 11.4 Å². The third-order valence-corrected chi connectivity index (χ3v) is 5.81. The monoisotopic (exact) mass is 388 g/mol. The summed E-state index contributed by atoms with van der Waals surface area (Å²) < 4.78 is 31.4. The zero-order valence-electron chi connectivity index (χ0n) is 15.7. The Hall–Kier alpha value is -2.54. The van der Waals surface area contributed by atoms with Crippen molar-refractivity contribution in [1.82, 2.24) is 5.32 Å². The van der Waals surface area contributed by atoms with Crippen molar-refractivity contribution in [3.8, 4) is 5.75 Å². The molecule has 1 aliphatic rings. The van der Waals surface area contributed by atoms with Gasteiger partial charge in [0.05, 0.1) is 18.0 Å². The summed E-state index contributed by atoms with van der Waals surface area (Å²) in [5.74, 6) is 0.136. The number of para-hydroxylation sites is 2. The first-order chi connectivity index (χ1) is 12.8. The van der Waals surface area contributed by atoms with E-state index >= 15 is 0 Å². The van der Waals surface area contributed by atoms with Crippen LogP contribution < -0.4 is 14.4 Å². The molecule has 0 aromatic heterocycles. The van der Waals surface area contributed by atoms with Crippen molar-refractivity contribution in [1.29, 1.82) is 0 Å². The number of nitrogens with zero attached hydrogens (tertiary/aromatic N) is 1. The van der Waals surface area contributed by atoms with Gasteiger partial charge in [0.15, 0.2) is 6.10 Å². The highest BCUT2D eigenvalue weighted by Crippen LogP contribution is 2.33. The molecule has 27 heavy (non-hydrogen) atoms. The molecule has 0 fully saturated rings. The number of amides is 1. The average Bonchev–Trinajstić information content (AvgIpc) is 2.81. The molecular weight excluding hydrogens is 364 g/mol. The second kappa shape index (κ2) is 7.60. The van der Waals surface area contributed by atoms with E-state index in [0.717, 1.165) is 17.4 Å². The molecule has 1 heterocycles. The Balaban J connectivity index is 1.78. The highest BCUT2D eigenvalue weighted by atomic mass is 32.2. The summed E-state index contributed by atoms with van der Waals surface area (Å²) in [6, 6.07) is 14.7. The summed E-state index contributed by atoms with van der Waals surface area (Å²) in [6.45, 7) is 4.11. The van der Waals surface area contributed by atoms with Gasteiger partial charge >= 0.3 is 0 Å². The van der Waals surface area contributed by atoms with Crippen molar-refractivity contribution in [2.24, 2.45) is 0 Å². The molecule has 0 aliphatic carbocycles. The van der Waals surface area contributed by atoms with E-state index < -0.39 is 16.1 Å². The second-order valence-electron chi connectivity index (χ2n) is 6.84. The number of anilines is 1. The van der Waals surface area contributed by atoms with Crippen molar-refractivity contribution < 1.29 is 17.9 Å². The third kappa shape index (κ3) is 4.42. The molecule has 0 saturated heterocycles. The average molecular weight is 388 g/mol. The van der Waals surface area contributed by atoms with E-state index in [4.69, 9.17) is 4.74 Å². The number of rotatable bonds is 4. The first-order valence-corrected chi connectivity index (χ1v) is 10.7. The van der Waals surface area contributed by atoms with Crippen LogP contribution in [0.15, 0.2) is 48.5 Å². The van der Waals surface area contributed by atoms with Crippen molar-refractivity contribution in [3.63, 3.8) is 0 Å². The van der Waals surface area contributed by atoms with Gasteiger partial charge in [0, 0.05) is 13.0 Å². The number of carbonyl (C=O) groups excluding carboxylic acids is 1. The van der Waals surface area contributed by atoms with Crippen LogP contribution >= 0.6 is 0 Å². The van der Waals surface area contributed by atoms with Crippen molar-refractivity contribution >= 4 is 21.6 Å². The molecule has 3 rings (SSSR count). The molecule has 1 aliphatic heterocycles. The Labute approximate surface area is 160 Å². The SMILES string of the molecule is Cc1ccc([C@H](C)NC(=O)[C@H]2CCN(S(C)(=O)=O)c3ccccc3O2)cc1. The summed E-state index contributed by atoms with van der Waals surface area (Å²) in [5.41, 5.74) is 2.62. The van der Waals surface area contributed by atoms with E-state index in [1.54, 1.807) is 24.3 Å². The first kappa shape index (κ1) is 19.2. The molecule has 0 radical (unpaired) electrons. The van der Waals surface area contributed by atoms with Gasteiger partial charge in [0.2, 0.25) is 10.0 Å². The number of sulfonamides is 1. The standard InChI is InChI=1S/C20H24N2O4S/c1-14-8-10-16(11-9-14)15(2)21-20(23)19-12-13-22(27(3,24)25)17-6-4-5-7-18(17)26-19/h4-11,15,19H,12-13H2,1-3H3,(H,21,23)/t15-,19+/m0/s1. The number of fused-ring (bicyclic) bond motifs is 1. The number of ether oxygens (including phenoxy) is 1. The lowest BCUT2D eigenvalue weighted by Crippen LogP contribution is -2.40. The van der Waals surface area contributed by atoms with Crippen LogP contribution in [0.25, 0.3) is 0 Å². The minimum absolute atomic E-state index is 0.175. The molecule has 0 bridgehead atoms. The zero-order valence-corrected chi connectivity index (χ0v) is 16.5. The Bertz CT molecular complexity index is 925. The van der Waals surface area contributed by atoms with Crippen LogP contribution in [0.1, 0.15) is 30.5 Å². The Kier molecular flexibility index (Phi) is 5.41. The fourth-order valence-electron chi connectivity index (χ4n) is 3.10. The summed E-state index contributed by atoms with van der Waals surface area (Å²) in [5, 5.41) is 2.97. The molecular formula is C20H24N2O4S. The van der Waals surface area contributed by atoms with Gasteiger partial charge in [-0.05, 0) is 31.5 Å². The number of nitrogens with one attached hydrogen (secondary N) is 1. The Morgan fingerprint density at radius 3 is 2.52 bits per heavy atom. The lowest BCUT2D eigenvalue weighted by molar-refractivity contribution is -0.128. The maximum atomic E-state index is 12.8. The van der Waals surface area contributed by atoms with E-state index in [1.807, 2.05) is 38.1 Å². The van der Waals surface area contributed by atoms with Crippen LogP contribution in [0.4, 0.5) is 5.69 Å². The highest BCUT2D eigenvalue weighted by molar-refractivity contribution is 7.92. The van der Waals surface area contributed by atoms with Gasteiger partial charge in [0.25, 0.3) is 5.91 Å². The van der Waals surface area contributed by atoms with Crippen LogP contribution in [0.2, 0.25) is 0 Å². The Morgan fingerprint density at radius 2 is 1.85 bits per heavy atom. The normalized spacial score (nSPS) is 18.0. The highest BCUT2D eigenvalue weighted by Gasteiger charge is 2.31. The van der Waals surface area contributed by atoms with Gasteiger partial charge in [-0.2, -0.15) is 0 Å². The van der Waals surface area contributed by atoms with Gasteiger partial charge in [0.1, 0.15) is 5.75 Å². The van der Waals surface area contributed by atoms with E-state index in [2.05, 4.69) is 5.32 Å². The summed E-state index contributed by atoms with van der Waals surface area (Å²) in [6.07, 6.45) is 0.670. The number of benzene rings is 2. The summed E-state index contributed by atoms with van der Waals surface area (Å²) in [7, 11) is -3.46. The Morgan fingerprint density at radius 1 is 1.19 bits per heavy atom. The summed E-state index contributed by atoms with van der Waals surface area (Å²) >= 11 is 0. The first-order valence-electron chi connectivity index (χ1n) is 8.86. The number of hydrogen-bond acceptors (Lipinski definition) is 4. The van der Waals surface area contributed by atoms with Crippen LogP contribution in [-0.4, -0.2) is 33.2 Å². The molecule has 0 spiro atoms. The van der Waals surface area contributed by atoms with Crippen molar-refractivity contribution in [3.05, 3.63) is 59.7 Å². The molecule has 144 valence electrons. The number of hydrogen-bond donors (Lipinski definition) is 1. The van der Waals surface area contributed by atoms with Gasteiger partial charge in [-0.25, -0.2) is 8.42 Å². The zero-order chi connectivity index (χ0) is 19.6. The van der Waals surface area contributed by atoms with Gasteiger partial charge in [-0.15, -0.1) is 0 Å². The van der Waals surface area contributed by atoms with E-state index in [9.17, 15) is 13.2 Å². The molecule has 0 saturated carbocycles. The predicted molar refractivity (Wildman–Crippen MR) is 105 cm³/mol. The van der Waals surface area contributed by atoms with Gasteiger partial charge in [-0.1, -0.05) is 42.0 Å². The molecule has 1 N–H and O–H groups in total. The topological polar surface area (TPSA) is 75.7 Å². The molecule has 2 aromatic carbocycles. The minimum atomic E-state index is -3.46. The second-order valence-corrected chi connectivity index (χ2v) is 8.75. The number of aryl methyl sites for hydroxylation is 1. The molecule has 2 atom stereocenters. The van der Waals surface area contributed by atoms with Crippen LogP contribution in [0, 0.1) is 6.92 Å². The number of carbonyl (C=O) groups is 1. The third-order valence-electron chi connectivity index (χ3n) is 4.63. The van der Waals surface area contributed by atoms with E-state index in [1.165, 1.54) is 4.31 Å². The lowest BCUT2D eigenvalue weighted by atomic mass is 10.1. The molecule has 0 unspecified atom stereocenters. The smallest absolute Gasteiger partial charge is 0.261 e. The van der Waals surface area contributed by atoms with Crippen LogP contribution in [0.3, 0.4) is 0 Å². The lowest BCUT2D eigenvalue weighted by Gasteiger charge is -2.20. The van der Waals surface area contributed by atoms with Crippen molar-refractivity contribution in [2.45, 2.75) is 32.4 Å². The fraction of sp³-hybridized carbons (Fsp3) is 0.350. The van der Waals surface area contributed by atoms with Crippen molar-refractivity contribution in [2.75, 3.05) is 17.1 Å². The maximum Gasteiger partial charge on any atom is 0.261 e. The predicted octanol–water partition coefficient (Wildman–Crippen LogP) is 2.79. The van der Waals surface area contributed by atoms with E-state index in [-0.39, 0.29) is 24.9 Å². The molecule has 2 aromatic rings. The summed E-state index contributed by atoms with van der Waals surface area (Å²) in [4.78, 5) is 12.8. The van der Waals surface area contributed by atoms with Crippen LogP contribution in [-0.2, 0) is 14.8 Å².